The molecule has 2 aromatic carbocycles. The lowest BCUT2D eigenvalue weighted by Crippen LogP contribution is -2.27. The molecule has 134 valence electrons. The number of phenolic OH excluding ortho intramolecular Hbond substituents is 1. The maximum atomic E-state index is 12.7. The Hall–Kier alpha value is -2.31. The Morgan fingerprint density at radius 2 is 1.96 bits per heavy atom. The van der Waals surface area contributed by atoms with Gasteiger partial charge in [0.05, 0.1) is 18.1 Å². The number of aromatic hydroxyl groups is 1. The van der Waals surface area contributed by atoms with Crippen LogP contribution in [0.1, 0.15) is 23.6 Å². The Morgan fingerprint density at radius 1 is 1.23 bits per heavy atom. The highest BCUT2D eigenvalue weighted by Gasteiger charge is 2.32. The fourth-order valence-corrected chi connectivity index (χ4v) is 3.81. The molecular formula is C20H19NO3S2. The number of carbonyl (C=O) groups is 1. The zero-order chi connectivity index (χ0) is 18.7. The van der Waals surface area contributed by atoms with Crippen LogP contribution in [-0.2, 0) is 11.3 Å². The molecule has 1 fully saturated rings. The second kappa shape index (κ2) is 7.93. The number of carbonyl (C=O) groups excluding carboxylic acids is 1. The number of hydrogen-bond donors (Lipinski definition) is 1. The molecule has 3 rings (SSSR count). The maximum Gasteiger partial charge on any atom is 0.266 e. The third kappa shape index (κ3) is 4.08. The Morgan fingerprint density at radius 3 is 2.65 bits per heavy atom. The van der Waals surface area contributed by atoms with Crippen LogP contribution in [0, 0.1) is 6.92 Å². The molecule has 0 spiro atoms. The summed E-state index contributed by atoms with van der Waals surface area (Å²) in [6.07, 6.45) is 1.77. The second-order valence-corrected chi connectivity index (χ2v) is 7.59. The van der Waals surface area contributed by atoms with Crippen LogP contribution in [0.5, 0.6) is 11.5 Å². The topological polar surface area (TPSA) is 49.8 Å². The number of aryl methyl sites for hydroxylation is 1. The number of phenols is 1. The fourth-order valence-electron chi connectivity index (χ4n) is 2.56. The minimum Gasteiger partial charge on any atom is -0.504 e. The first kappa shape index (κ1) is 18.5. The van der Waals surface area contributed by atoms with Crippen LogP contribution in [0.15, 0.2) is 47.4 Å². The van der Waals surface area contributed by atoms with Gasteiger partial charge in [0, 0.05) is 0 Å². The molecule has 0 unspecified atom stereocenters. The monoisotopic (exact) mass is 385 g/mol. The Labute approximate surface area is 162 Å². The van der Waals surface area contributed by atoms with E-state index in [-0.39, 0.29) is 11.7 Å². The molecule has 1 aliphatic heterocycles. The molecule has 0 aliphatic carbocycles. The van der Waals surface area contributed by atoms with E-state index in [0.717, 1.165) is 11.1 Å². The molecular weight excluding hydrogens is 366 g/mol. The Kier molecular flexibility index (Phi) is 5.64. The first-order valence-corrected chi connectivity index (χ1v) is 9.47. The van der Waals surface area contributed by atoms with E-state index in [1.807, 2.05) is 38.1 Å². The zero-order valence-corrected chi connectivity index (χ0v) is 16.2. The van der Waals surface area contributed by atoms with Crippen molar-refractivity contribution in [2.75, 3.05) is 6.61 Å². The number of amides is 1. The zero-order valence-electron chi connectivity index (χ0n) is 14.6. The van der Waals surface area contributed by atoms with Gasteiger partial charge >= 0.3 is 0 Å². The number of hydrogen-bond acceptors (Lipinski definition) is 5. The highest BCUT2D eigenvalue weighted by Crippen LogP contribution is 2.35. The molecule has 1 saturated heterocycles. The van der Waals surface area contributed by atoms with Crippen molar-refractivity contribution >= 4 is 40.3 Å². The summed E-state index contributed by atoms with van der Waals surface area (Å²) in [5.41, 5.74) is 3.00. The summed E-state index contributed by atoms with van der Waals surface area (Å²) >= 11 is 6.67. The van der Waals surface area contributed by atoms with Gasteiger partial charge < -0.3 is 9.84 Å². The normalized spacial score (nSPS) is 15.8. The van der Waals surface area contributed by atoms with E-state index in [9.17, 15) is 9.90 Å². The van der Waals surface area contributed by atoms with Crippen LogP contribution in [0.3, 0.4) is 0 Å². The molecule has 1 N–H and O–H groups in total. The van der Waals surface area contributed by atoms with E-state index in [0.29, 0.717) is 28.1 Å². The van der Waals surface area contributed by atoms with E-state index < -0.39 is 0 Å². The van der Waals surface area contributed by atoms with Crippen LogP contribution < -0.4 is 4.74 Å². The summed E-state index contributed by atoms with van der Waals surface area (Å²) in [5.74, 6) is 0.374. The van der Waals surface area contributed by atoms with Crippen LogP contribution in [0.2, 0.25) is 0 Å². The highest BCUT2D eigenvalue weighted by atomic mass is 32.2. The summed E-state index contributed by atoms with van der Waals surface area (Å²) < 4.78 is 5.94. The van der Waals surface area contributed by atoms with Gasteiger partial charge in [-0.15, -0.1) is 0 Å². The third-order valence-electron chi connectivity index (χ3n) is 3.92. The number of thioether (sulfide) groups is 1. The van der Waals surface area contributed by atoms with Gasteiger partial charge in [0.1, 0.15) is 4.32 Å². The van der Waals surface area contributed by atoms with E-state index >= 15 is 0 Å². The fraction of sp³-hybridized carbons (Fsp3) is 0.200. The molecule has 1 aliphatic rings. The van der Waals surface area contributed by atoms with Crippen LogP contribution >= 0.6 is 24.0 Å². The Balaban J connectivity index is 1.80. The molecule has 0 saturated carbocycles. The minimum atomic E-state index is -0.105. The van der Waals surface area contributed by atoms with Crippen molar-refractivity contribution in [1.82, 2.24) is 4.90 Å². The number of nitrogens with zero attached hydrogens (tertiary/aromatic N) is 1. The molecule has 26 heavy (non-hydrogen) atoms. The van der Waals surface area contributed by atoms with Gasteiger partial charge in [-0.25, -0.2) is 0 Å². The minimum absolute atomic E-state index is 0.0796. The molecule has 1 heterocycles. The van der Waals surface area contributed by atoms with Crippen molar-refractivity contribution in [1.29, 1.82) is 0 Å². The lowest BCUT2D eigenvalue weighted by Gasteiger charge is -2.14. The lowest BCUT2D eigenvalue weighted by atomic mass is 10.1. The van der Waals surface area contributed by atoms with Gasteiger partial charge in [0.25, 0.3) is 5.91 Å². The van der Waals surface area contributed by atoms with Gasteiger partial charge in [-0.3, -0.25) is 9.69 Å². The molecule has 2 aromatic rings. The van der Waals surface area contributed by atoms with Crippen molar-refractivity contribution in [3.8, 4) is 11.5 Å². The average molecular weight is 386 g/mol. The number of ether oxygens (including phenoxy) is 1. The molecule has 0 aromatic heterocycles. The Bertz CT molecular complexity index is 875. The van der Waals surface area contributed by atoms with E-state index in [4.69, 9.17) is 17.0 Å². The standard InChI is InChI=1S/C20H19NO3S2/c1-3-24-17-10-15(8-9-16(17)22)11-18-19(23)21(20(25)26-18)12-14-6-4-13(2)5-7-14/h4-11,22H,3,12H2,1-2H3/b18-11+. The predicted octanol–water partition coefficient (Wildman–Crippen LogP) is 4.50. The molecule has 0 bridgehead atoms. The van der Waals surface area contributed by atoms with E-state index in [2.05, 4.69) is 0 Å². The molecule has 0 radical (unpaired) electrons. The summed E-state index contributed by atoms with van der Waals surface area (Å²) in [4.78, 5) is 14.9. The van der Waals surface area contributed by atoms with Gasteiger partial charge in [0.15, 0.2) is 11.5 Å². The van der Waals surface area contributed by atoms with Gasteiger partial charge in [-0.05, 0) is 43.2 Å². The molecule has 4 nitrogen and oxygen atoms in total. The van der Waals surface area contributed by atoms with Crippen LogP contribution in [-0.4, -0.2) is 26.8 Å². The van der Waals surface area contributed by atoms with Crippen molar-refractivity contribution in [2.24, 2.45) is 0 Å². The molecule has 1 amide bonds. The first-order valence-electron chi connectivity index (χ1n) is 8.24. The third-order valence-corrected chi connectivity index (χ3v) is 5.29. The summed E-state index contributed by atoms with van der Waals surface area (Å²) in [5, 5.41) is 9.80. The van der Waals surface area contributed by atoms with E-state index in [1.165, 1.54) is 17.3 Å². The second-order valence-electron chi connectivity index (χ2n) is 5.91. The average Bonchev–Trinajstić information content (AvgIpc) is 2.87. The molecule has 6 heteroatoms. The van der Waals surface area contributed by atoms with Crippen molar-refractivity contribution in [3.63, 3.8) is 0 Å². The van der Waals surface area contributed by atoms with Gasteiger partial charge in [-0.1, -0.05) is 59.9 Å². The van der Waals surface area contributed by atoms with Crippen molar-refractivity contribution in [2.45, 2.75) is 20.4 Å². The van der Waals surface area contributed by atoms with Gasteiger partial charge in [0.2, 0.25) is 0 Å². The first-order chi connectivity index (χ1) is 12.5. The van der Waals surface area contributed by atoms with Gasteiger partial charge in [-0.2, -0.15) is 0 Å². The van der Waals surface area contributed by atoms with Crippen molar-refractivity contribution < 1.29 is 14.6 Å². The lowest BCUT2D eigenvalue weighted by molar-refractivity contribution is -0.122. The van der Waals surface area contributed by atoms with Crippen LogP contribution in [0.25, 0.3) is 6.08 Å². The highest BCUT2D eigenvalue weighted by molar-refractivity contribution is 8.26. The smallest absolute Gasteiger partial charge is 0.266 e. The quantitative estimate of drug-likeness (QED) is 0.607. The number of thiocarbonyl (C=S) groups is 1. The number of benzene rings is 2. The predicted molar refractivity (Wildman–Crippen MR) is 109 cm³/mol. The maximum absolute atomic E-state index is 12.7. The number of rotatable bonds is 5. The summed E-state index contributed by atoms with van der Waals surface area (Å²) in [6, 6.07) is 13.1. The van der Waals surface area contributed by atoms with Crippen LogP contribution in [0.4, 0.5) is 0 Å². The summed E-state index contributed by atoms with van der Waals surface area (Å²) in [7, 11) is 0. The molecule has 0 atom stereocenters. The largest absolute Gasteiger partial charge is 0.504 e. The SMILES string of the molecule is CCOc1cc(/C=C2/SC(=S)N(Cc3ccc(C)cc3)C2=O)ccc1O. The summed E-state index contributed by atoms with van der Waals surface area (Å²) in [6.45, 7) is 4.79. The van der Waals surface area contributed by atoms with Crippen molar-refractivity contribution in [3.05, 3.63) is 64.1 Å². The van der Waals surface area contributed by atoms with E-state index in [1.54, 1.807) is 29.2 Å².